The van der Waals surface area contributed by atoms with Gasteiger partial charge in [-0.2, -0.15) is 0 Å². The number of carbonyl (C=O) groups is 3. The fourth-order valence-electron chi connectivity index (χ4n) is 3.70. The summed E-state index contributed by atoms with van der Waals surface area (Å²) in [4.78, 5) is 40.6. The highest BCUT2D eigenvalue weighted by molar-refractivity contribution is 6.04. The van der Waals surface area contributed by atoms with Crippen molar-refractivity contribution in [3.8, 4) is 5.75 Å². The van der Waals surface area contributed by atoms with Crippen LogP contribution in [0.1, 0.15) is 19.4 Å². The second-order valence-corrected chi connectivity index (χ2v) is 7.91. The maximum atomic E-state index is 13.0. The summed E-state index contributed by atoms with van der Waals surface area (Å²) in [5, 5.41) is 0. The molecule has 31 heavy (non-hydrogen) atoms. The molecule has 2 heterocycles. The molecule has 0 saturated carbocycles. The summed E-state index contributed by atoms with van der Waals surface area (Å²) >= 11 is 0. The number of rotatable bonds is 5. The average molecular weight is 420 g/mol. The molecule has 0 bridgehead atoms. The van der Waals surface area contributed by atoms with Gasteiger partial charge in [0.25, 0.3) is 5.91 Å². The number of hydrogen-bond donors (Lipinski definition) is 0. The SMILES string of the molecule is CC(C)C1CN([C@H]2C(=O)N(C(=O)Oc3ccccc3)[C@@H]2/C=C/c2ccccc2)C(=O)O1. The molecule has 3 amide bonds. The highest BCUT2D eigenvalue weighted by Gasteiger charge is 2.57. The molecule has 0 radical (unpaired) electrons. The monoisotopic (exact) mass is 420 g/mol. The molecule has 0 N–H and O–H groups in total. The fourth-order valence-corrected chi connectivity index (χ4v) is 3.70. The van der Waals surface area contributed by atoms with Gasteiger partial charge < -0.3 is 9.47 Å². The minimum atomic E-state index is -0.806. The average Bonchev–Trinajstić information content (AvgIpc) is 3.13. The topological polar surface area (TPSA) is 76.2 Å². The Kier molecular flexibility index (Phi) is 5.75. The molecule has 3 atom stereocenters. The molecule has 2 aliphatic heterocycles. The molecule has 2 aromatic rings. The quantitative estimate of drug-likeness (QED) is 0.685. The third kappa shape index (κ3) is 4.17. The fraction of sp³-hybridized carbons (Fsp3) is 0.292. The number of ether oxygens (including phenoxy) is 2. The lowest BCUT2D eigenvalue weighted by Crippen LogP contribution is -2.72. The van der Waals surface area contributed by atoms with Crippen molar-refractivity contribution in [2.45, 2.75) is 32.0 Å². The van der Waals surface area contributed by atoms with E-state index in [2.05, 4.69) is 0 Å². The number of imide groups is 1. The van der Waals surface area contributed by atoms with E-state index < -0.39 is 30.2 Å². The molecule has 160 valence electrons. The van der Waals surface area contributed by atoms with Crippen LogP contribution >= 0.6 is 0 Å². The van der Waals surface area contributed by atoms with Crippen molar-refractivity contribution in [3.63, 3.8) is 0 Å². The normalized spacial score (nSPS) is 23.3. The minimum absolute atomic E-state index is 0.126. The molecule has 2 aliphatic rings. The highest BCUT2D eigenvalue weighted by Crippen LogP contribution is 2.32. The van der Waals surface area contributed by atoms with Gasteiger partial charge in [-0.1, -0.05) is 74.5 Å². The lowest BCUT2D eigenvalue weighted by atomic mass is 9.92. The van der Waals surface area contributed by atoms with Crippen molar-refractivity contribution in [2.24, 2.45) is 5.92 Å². The first-order valence-electron chi connectivity index (χ1n) is 10.3. The van der Waals surface area contributed by atoms with Gasteiger partial charge in [-0.25, -0.2) is 14.5 Å². The van der Waals surface area contributed by atoms with Crippen LogP contribution in [0.3, 0.4) is 0 Å². The smallest absolute Gasteiger partial charge is 0.422 e. The van der Waals surface area contributed by atoms with E-state index in [0.29, 0.717) is 12.3 Å². The Morgan fingerprint density at radius 2 is 1.71 bits per heavy atom. The molecular formula is C24H24N2O5. The van der Waals surface area contributed by atoms with Gasteiger partial charge in [0.15, 0.2) is 0 Å². The van der Waals surface area contributed by atoms with Crippen LogP contribution in [0.15, 0.2) is 66.7 Å². The van der Waals surface area contributed by atoms with Gasteiger partial charge in [0.1, 0.15) is 17.9 Å². The number of para-hydroxylation sites is 1. The van der Waals surface area contributed by atoms with Crippen molar-refractivity contribution in [2.75, 3.05) is 6.54 Å². The van der Waals surface area contributed by atoms with Crippen LogP contribution in [0.5, 0.6) is 5.75 Å². The van der Waals surface area contributed by atoms with Gasteiger partial charge >= 0.3 is 12.2 Å². The van der Waals surface area contributed by atoms with Crippen LogP contribution in [-0.2, 0) is 9.53 Å². The molecule has 2 aromatic carbocycles. The zero-order valence-electron chi connectivity index (χ0n) is 17.4. The van der Waals surface area contributed by atoms with Crippen LogP contribution in [-0.4, -0.2) is 52.6 Å². The Morgan fingerprint density at radius 1 is 1.06 bits per heavy atom. The van der Waals surface area contributed by atoms with Crippen molar-refractivity contribution >= 4 is 24.2 Å². The first-order valence-corrected chi connectivity index (χ1v) is 10.3. The van der Waals surface area contributed by atoms with Gasteiger partial charge in [0.2, 0.25) is 0 Å². The predicted octanol–water partition coefficient (Wildman–Crippen LogP) is 3.96. The number of hydrogen-bond acceptors (Lipinski definition) is 5. The minimum Gasteiger partial charge on any atom is -0.444 e. The van der Waals surface area contributed by atoms with E-state index in [1.54, 1.807) is 36.4 Å². The number of likely N-dealkylation sites (tertiary alicyclic amines) is 1. The molecule has 4 rings (SSSR count). The van der Waals surface area contributed by atoms with E-state index in [9.17, 15) is 14.4 Å². The summed E-state index contributed by atoms with van der Waals surface area (Å²) in [5.74, 6) is -0.0124. The van der Waals surface area contributed by atoms with Crippen molar-refractivity contribution in [1.29, 1.82) is 0 Å². The Morgan fingerprint density at radius 3 is 2.32 bits per heavy atom. The zero-order valence-corrected chi connectivity index (χ0v) is 17.4. The number of nitrogens with zero attached hydrogens (tertiary/aromatic N) is 2. The largest absolute Gasteiger partial charge is 0.444 e. The lowest BCUT2D eigenvalue weighted by Gasteiger charge is -2.46. The van der Waals surface area contributed by atoms with Gasteiger partial charge in [0.05, 0.1) is 12.6 Å². The van der Waals surface area contributed by atoms with E-state index in [4.69, 9.17) is 9.47 Å². The Bertz CT molecular complexity index is 990. The number of amides is 3. The second-order valence-electron chi connectivity index (χ2n) is 7.91. The molecule has 1 unspecified atom stereocenters. The third-order valence-electron chi connectivity index (χ3n) is 5.49. The van der Waals surface area contributed by atoms with Crippen LogP contribution in [0.25, 0.3) is 6.08 Å². The van der Waals surface area contributed by atoms with E-state index in [-0.39, 0.29) is 12.0 Å². The summed E-state index contributed by atoms with van der Waals surface area (Å²) in [6.45, 7) is 4.23. The van der Waals surface area contributed by atoms with Crippen LogP contribution < -0.4 is 4.74 Å². The van der Waals surface area contributed by atoms with Gasteiger partial charge in [-0.15, -0.1) is 0 Å². The summed E-state index contributed by atoms with van der Waals surface area (Å²) in [5.41, 5.74) is 0.918. The number of cyclic esters (lactones) is 1. The summed E-state index contributed by atoms with van der Waals surface area (Å²) in [7, 11) is 0. The molecule has 2 saturated heterocycles. The molecular weight excluding hydrogens is 396 g/mol. The van der Waals surface area contributed by atoms with E-state index in [1.165, 1.54) is 4.90 Å². The summed E-state index contributed by atoms with van der Waals surface area (Å²) in [6.07, 6.45) is 1.98. The molecule has 2 fully saturated rings. The van der Waals surface area contributed by atoms with Gasteiger partial charge in [0, 0.05) is 0 Å². The molecule has 0 aliphatic carbocycles. The zero-order chi connectivity index (χ0) is 22.0. The standard InChI is InChI=1S/C24H24N2O5/c1-16(2)20-15-25(23(28)31-20)21-19(14-13-17-9-5-3-6-10-17)26(22(21)27)24(29)30-18-11-7-4-8-12-18/h3-14,16,19-21H,15H2,1-2H3/b14-13+/t19-,20?,21-/m1/s1. The van der Waals surface area contributed by atoms with Crippen molar-refractivity contribution in [3.05, 3.63) is 72.3 Å². The lowest BCUT2D eigenvalue weighted by molar-refractivity contribution is -0.148. The van der Waals surface area contributed by atoms with Crippen LogP contribution in [0.2, 0.25) is 0 Å². The van der Waals surface area contributed by atoms with E-state index in [0.717, 1.165) is 10.5 Å². The van der Waals surface area contributed by atoms with Crippen molar-refractivity contribution in [1.82, 2.24) is 9.80 Å². The van der Waals surface area contributed by atoms with Crippen molar-refractivity contribution < 1.29 is 23.9 Å². The first kappa shape index (κ1) is 20.7. The maximum absolute atomic E-state index is 13.0. The maximum Gasteiger partial charge on any atom is 0.422 e. The molecule has 0 spiro atoms. The summed E-state index contributed by atoms with van der Waals surface area (Å²) < 4.78 is 10.8. The van der Waals surface area contributed by atoms with Crippen LogP contribution in [0, 0.1) is 5.92 Å². The Hall–Kier alpha value is -3.61. The Balaban J connectivity index is 1.57. The van der Waals surface area contributed by atoms with Gasteiger partial charge in [-0.05, 0) is 23.6 Å². The van der Waals surface area contributed by atoms with E-state index in [1.807, 2.05) is 50.3 Å². The predicted molar refractivity (Wildman–Crippen MR) is 114 cm³/mol. The summed E-state index contributed by atoms with van der Waals surface area (Å²) in [6, 6.07) is 16.6. The molecule has 0 aromatic heterocycles. The van der Waals surface area contributed by atoms with Gasteiger partial charge in [-0.3, -0.25) is 9.69 Å². The number of benzene rings is 2. The third-order valence-corrected chi connectivity index (χ3v) is 5.49. The van der Waals surface area contributed by atoms with E-state index >= 15 is 0 Å². The highest BCUT2D eigenvalue weighted by atomic mass is 16.6. The molecule has 7 nitrogen and oxygen atoms in total. The first-order chi connectivity index (χ1) is 15.0. The second kappa shape index (κ2) is 8.63. The van der Waals surface area contributed by atoms with Crippen LogP contribution in [0.4, 0.5) is 9.59 Å². The Labute approximate surface area is 180 Å². The molecule has 7 heteroatoms. The number of carbonyl (C=O) groups excluding carboxylic acids is 3. The number of β-lactam (4-membered cyclic amide) rings is 1.